The molecule has 226 valence electrons. The van der Waals surface area contributed by atoms with Gasteiger partial charge in [0.05, 0.1) is 0 Å². The van der Waals surface area contributed by atoms with Gasteiger partial charge < -0.3 is 11.5 Å². The van der Waals surface area contributed by atoms with Crippen molar-refractivity contribution in [2.75, 3.05) is 0 Å². The highest BCUT2D eigenvalue weighted by molar-refractivity contribution is 5.76. The van der Waals surface area contributed by atoms with Crippen molar-refractivity contribution in [3.63, 3.8) is 0 Å². The Morgan fingerprint density at radius 3 is 0.737 bits per heavy atom. The first-order valence-electron chi connectivity index (χ1n) is 17.1. The van der Waals surface area contributed by atoms with E-state index in [0.717, 1.165) is 51.4 Å². The molecule has 0 saturated carbocycles. The van der Waals surface area contributed by atoms with Crippen LogP contribution in [-0.2, 0) is 9.59 Å². The Labute approximate surface area is 238 Å². The molecule has 0 rings (SSSR count). The molecule has 0 radical (unpaired) electrons. The van der Waals surface area contributed by atoms with Gasteiger partial charge in [-0.1, -0.05) is 168 Å². The van der Waals surface area contributed by atoms with Crippen LogP contribution in [0.5, 0.6) is 0 Å². The molecule has 2 amide bonds. The van der Waals surface area contributed by atoms with Crippen molar-refractivity contribution < 1.29 is 9.59 Å². The lowest BCUT2D eigenvalue weighted by atomic mass is 9.93. The molecule has 4 heteroatoms. The lowest BCUT2D eigenvalue weighted by Gasteiger charge is -2.13. The molecule has 0 fully saturated rings. The van der Waals surface area contributed by atoms with Crippen LogP contribution in [0.25, 0.3) is 0 Å². The number of hydrogen-bond donors (Lipinski definition) is 2. The molecular weight excluding hydrogens is 468 g/mol. The third kappa shape index (κ3) is 25.2. The Kier molecular flexibility index (Phi) is 28.1. The fourth-order valence-corrected chi connectivity index (χ4v) is 5.75. The molecule has 0 aromatic carbocycles. The Morgan fingerprint density at radius 1 is 0.368 bits per heavy atom. The summed E-state index contributed by atoms with van der Waals surface area (Å²) in [6.45, 7) is 4.52. The smallest absolute Gasteiger partial charge is 0.220 e. The maximum Gasteiger partial charge on any atom is 0.220 e. The van der Waals surface area contributed by atoms with Crippen molar-refractivity contribution in [3.05, 3.63) is 0 Å². The molecular formula is C34H68N2O2. The summed E-state index contributed by atoms with van der Waals surface area (Å²) in [4.78, 5) is 23.6. The summed E-state index contributed by atoms with van der Waals surface area (Å²) in [6.07, 6.45) is 34.5. The lowest BCUT2D eigenvalue weighted by Crippen LogP contribution is -2.23. The number of carbonyl (C=O) groups is 2. The minimum atomic E-state index is -0.0929. The van der Waals surface area contributed by atoms with Crippen LogP contribution in [0.2, 0.25) is 0 Å². The van der Waals surface area contributed by atoms with E-state index in [1.165, 1.54) is 128 Å². The van der Waals surface area contributed by atoms with E-state index >= 15 is 0 Å². The second-order valence-electron chi connectivity index (χ2n) is 12.1. The Morgan fingerprint density at radius 2 is 0.553 bits per heavy atom. The van der Waals surface area contributed by atoms with Gasteiger partial charge in [-0.2, -0.15) is 0 Å². The summed E-state index contributed by atoms with van der Waals surface area (Å²) >= 11 is 0. The molecule has 0 aliphatic heterocycles. The molecule has 4 nitrogen and oxygen atoms in total. The van der Waals surface area contributed by atoms with E-state index in [4.69, 9.17) is 11.5 Å². The van der Waals surface area contributed by atoms with Gasteiger partial charge in [-0.3, -0.25) is 9.59 Å². The van der Waals surface area contributed by atoms with Crippen molar-refractivity contribution in [1.82, 2.24) is 0 Å². The molecule has 0 aromatic rings. The minimum absolute atomic E-state index is 0.0825. The molecule has 0 bridgehead atoms. The predicted molar refractivity (Wildman–Crippen MR) is 166 cm³/mol. The average Bonchev–Trinajstić information content (AvgIpc) is 2.89. The van der Waals surface area contributed by atoms with E-state index in [1.807, 2.05) is 0 Å². The van der Waals surface area contributed by atoms with Crippen LogP contribution in [0.4, 0.5) is 0 Å². The number of hydrogen-bond acceptors (Lipinski definition) is 2. The standard InChI is InChI=1S/C34H68N2O2/c1-3-5-7-9-11-15-19-23-27-31(33(35)37)29-25-21-17-13-14-18-22-26-30-32(34(36)38)28-24-20-16-12-10-8-6-4-2/h31-32H,3-30H2,1-2H3,(H2,35,37)(H2,36,38). The SMILES string of the molecule is CCCCCCCCCCC(CCCCCCCCCCC(CCCCCCCCCC)C(N)=O)C(N)=O. The highest BCUT2D eigenvalue weighted by Gasteiger charge is 2.15. The van der Waals surface area contributed by atoms with Crippen molar-refractivity contribution in [2.24, 2.45) is 23.3 Å². The highest BCUT2D eigenvalue weighted by atomic mass is 16.1. The summed E-state index contributed by atoms with van der Waals surface area (Å²) in [5.41, 5.74) is 11.3. The average molecular weight is 537 g/mol. The van der Waals surface area contributed by atoms with Crippen LogP contribution in [0, 0.1) is 11.8 Å². The fraction of sp³-hybridized carbons (Fsp3) is 0.941. The van der Waals surface area contributed by atoms with Gasteiger partial charge in [0.15, 0.2) is 0 Å². The van der Waals surface area contributed by atoms with Crippen molar-refractivity contribution in [3.8, 4) is 0 Å². The molecule has 0 saturated heterocycles. The number of carbonyl (C=O) groups excluding carboxylic acids is 2. The van der Waals surface area contributed by atoms with Crippen LogP contribution >= 0.6 is 0 Å². The number of nitrogens with two attached hydrogens (primary N) is 2. The van der Waals surface area contributed by atoms with Crippen LogP contribution in [-0.4, -0.2) is 11.8 Å². The zero-order valence-corrected chi connectivity index (χ0v) is 25.9. The summed E-state index contributed by atoms with van der Waals surface area (Å²) in [6, 6.07) is 0. The van der Waals surface area contributed by atoms with Crippen LogP contribution in [0.3, 0.4) is 0 Å². The lowest BCUT2D eigenvalue weighted by molar-refractivity contribution is -0.123. The minimum Gasteiger partial charge on any atom is -0.369 e. The Bertz CT molecular complexity index is 477. The third-order valence-corrected chi connectivity index (χ3v) is 8.47. The van der Waals surface area contributed by atoms with Crippen LogP contribution < -0.4 is 11.5 Å². The first-order chi connectivity index (χ1) is 18.5. The van der Waals surface area contributed by atoms with E-state index < -0.39 is 0 Å². The van der Waals surface area contributed by atoms with E-state index in [2.05, 4.69) is 13.8 Å². The normalized spacial score (nSPS) is 13.0. The molecule has 0 heterocycles. The highest BCUT2D eigenvalue weighted by Crippen LogP contribution is 2.21. The van der Waals surface area contributed by atoms with E-state index in [0.29, 0.717) is 0 Å². The van der Waals surface area contributed by atoms with Crippen LogP contribution in [0.15, 0.2) is 0 Å². The van der Waals surface area contributed by atoms with Crippen molar-refractivity contribution in [2.45, 2.75) is 194 Å². The van der Waals surface area contributed by atoms with Gasteiger partial charge in [-0.15, -0.1) is 0 Å². The van der Waals surface area contributed by atoms with Gasteiger partial charge >= 0.3 is 0 Å². The summed E-state index contributed by atoms with van der Waals surface area (Å²) in [5.74, 6) is -0.0209. The molecule has 2 unspecified atom stereocenters. The first-order valence-corrected chi connectivity index (χ1v) is 17.1. The van der Waals surface area contributed by atoms with E-state index in [1.54, 1.807) is 0 Å². The Hall–Kier alpha value is -1.06. The van der Waals surface area contributed by atoms with E-state index in [-0.39, 0.29) is 23.7 Å². The second-order valence-corrected chi connectivity index (χ2v) is 12.1. The zero-order chi connectivity index (χ0) is 28.1. The number of unbranched alkanes of at least 4 members (excludes halogenated alkanes) is 21. The van der Waals surface area contributed by atoms with Gasteiger partial charge in [-0.25, -0.2) is 0 Å². The van der Waals surface area contributed by atoms with Crippen molar-refractivity contribution in [1.29, 1.82) is 0 Å². The van der Waals surface area contributed by atoms with Gasteiger partial charge in [0.2, 0.25) is 11.8 Å². The molecule has 0 aliphatic carbocycles. The van der Waals surface area contributed by atoms with Gasteiger partial charge in [0, 0.05) is 11.8 Å². The molecule has 0 aromatic heterocycles. The summed E-state index contributed by atoms with van der Waals surface area (Å²) in [7, 11) is 0. The van der Waals surface area contributed by atoms with E-state index in [9.17, 15) is 9.59 Å². The molecule has 0 aliphatic rings. The van der Waals surface area contributed by atoms with Gasteiger partial charge in [0.25, 0.3) is 0 Å². The Balaban J connectivity index is 3.64. The molecule has 4 N–H and O–H groups in total. The fourth-order valence-electron chi connectivity index (χ4n) is 5.75. The third-order valence-electron chi connectivity index (χ3n) is 8.47. The maximum absolute atomic E-state index is 11.8. The second kappa shape index (κ2) is 28.9. The maximum atomic E-state index is 11.8. The van der Waals surface area contributed by atoms with Crippen molar-refractivity contribution >= 4 is 11.8 Å². The van der Waals surface area contributed by atoms with Crippen LogP contribution in [0.1, 0.15) is 194 Å². The van der Waals surface area contributed by atoms with Gasteiger partial charge in [-0.05, 0) is 25.7 Å². The summed E-state index contributed by atoms with van der Waals surface area (Å²) in [5, 5.41) is 0. The largest absolute Gasteiger partial charge is 0.369 e. The number of primary amides is 2. The number of rotatable bonds is 31. The first kappa shape index (κ1) is 36.9. The van der Waals surface area contributed by atoms with Gasteiger partial charge in [0.1, 0.15) is 0 Å². The molecule has 0 spiro atoms. The monoisotopic (exact) mass is 537 g/mol. The topological polar surface area (TPSA) is 86.2 Å². The predicted octanol–water partition coefficient (Wildman–Crippen LogP) is 10.2. The number of amides is 2. The zero-order valence-electron chi connectivity index (χ0n) is 25.9. The summed E-state index contributed by atoms with van der Waals surface area (Å²) < 4.78 is 0. The quantitative estimate of drug-likeness (QED) is 0.0863. The molecule has 2 atom stereocenters. The molecule has 38 heavy (non-hydrogen) atoms.